The molecule has 122 valence electrons. The Morgan fingerprint density at radius 2 is 2.00 bits per heavy atom. The number of nitrogens with zero attached hydrogens (tertiary/aromatic N) is 2. The van der Waals surface area contributed by atoms with Gasteiger partial charge in [0.05, 0.1) is 12.2 Å². The average molecular weight is 318 g/mol. The number of carbonyl (C=O) groups excluding carboxylic acids is 2. The number of aromatic nitrogens is 2. The van der Waals surface area contributed by atoms with Gasteiger partial charge in [0.2, 0.25) is 5.91 Å². The Labute approximate surface area is 132 Å². The third-order valence-electron chi connectivity index (χ3n) is 3.31. The lowest BCUT2D eigenvalue weighted by atomic mass is 10.2. The van der Waals surface area contributed by atoms with Crippen molar-refractivity contribution < 1.29 is 19.5 Å². The molecule has 0 saturated heterocycles. The van der Waals surface area contributed by atoms with Crippen molar-refractivity contribution in [1.29, 1.82) is 0 Å². The third-order valence-corrected chi connectivity index (χ3v) is 3.31. The summed E-state index contributed by atoms with van der Waals surface area (Å²) < 4.78 is 1.69. The number of imidazole rings is 1. The van der Waals surface area contributed by atoms with Crippen molar-refractivity contribution in [3.05, 3.63) is 35.3 Å². The van der Waals surface area contributed by atoms with Crippen molar-refractivity contribution in [2.24, 2.45) is 0 Å². The number of rotatable bonds is 6. The molecule has 8 nitrogen and oxygen atoms in total. The maximum absolute atomic E-state index is 12.4. The van der Waals surface area contributed by atoms with Gasteiger partial charge in [-0.2, -0.15) is 0 Å². The molecule has 3 N–H and O–H groups in total. The minimum absolute atomic E-state index is 0.297. The molecule has 0 saturated carbocycles. The number of pyridine rings is 1. The standard InChI is InChI=1S/C15H18N4O4/c1-3-10-13(19-6-4-5-9(2)14(19)18-10)15(23)17-7-11(20)16-8-12(21)22/h4-6H,3,7-8H2,1-2H3,(H,16,20)(H,17,23)(H,21,22). The van der Waals surface area contributed by atoms with Gasteiger partial charge in [-0.25, -0.2) is 4.98 Å². The molecule has 0 aliphatic carbocycles. The van der Waals surface area contributed by atoms with Gasteiger partial charge in [0.1, 0.15) is 17.9 Å². The van der Waals surface area contributed by atoms with E-state index in [1.54, 1.807) is 10.6 Å². The molecule has 0 atom stereocenters. The van der Waals surface area contributed by atoms with E-state index in [-0.39, 0.29) is 6.54 Å². The first-order valence-corrected chi connectivity index (χ1v) is 7.17. The SMILES string of the molecule is CCc1nc2c(C)cccn2c1C(=O)NCC(=O)NCC(=O)O. The fraction of sp³-hybridized carbons (Fsp3) is 0.333. The van der Waals surface area contributed by atoms with Crippen LogP contribution in [-0.4, -0.2) is 45.4 Å². The van der Waals surface area contributed by atoms with E-state index < -0.39 is 24.3 Å². The first kappa shape index (κ1) is 16.5. The molecule has 8 heteroatoms. The van der Waals surface area contributed by atoms with Crippen LogP contribution in [0.25, 0.3) is 5.65 Å². The summed E-state index contributed by atoms with van der Waals surface area (Å²) in [5.74, 6) is -2.13. The Morgan fingerprint density at radius 1 is 1.26 bits per heavy atom. The lowest BCUT2D eigenvalue weighted by Crippen LogP contribution is -2.39. The molecule has 0 bridgehead atoms. The van der Waals surface area contributed by atoms with E-state index in [1.165, 1.54) is 0 Å². The third kappa shape index (κ3) is 3.65. The van der Waals surface area contributed by atoms with Gasteiger partial charge >= 0.3 is 5.97 Å². The van der Waals surface area contributed by atoms with Crippen LogP contribution in [0, 0.1) is 6.92 Å². The largest absolute Gasteiger partial charge is 0.480 e. The number of aryl methyl sites for hydroxylation is 2. The first-order valence-electron chi connectivity index (χ1n) is 7.17. The monoisotopic (exact) mass is 318 g/mol. The Bertz CT molecular complexity index is 766. The fourth-order valence-corrected chi connectivity index (χ4v) is 2.22. The summed E-state index contributed by atoms with van der Waals surface area (Å²) in [6.07, 6.45) is 2.32. The number of nitrogens with one attached hydrogen (secondary N) is 2. The zero-order chi connectivity index (χ0) is 17.0. The Morgan fingerprint density at radius 3 is 2.65 bits per heavy atom. The normalized spacial score (nSPS) is 10.5. The number of hydrogen-bond acceptors (Lipinski definition) is 4. The highest BCUT2D eigenvalue weighted by molar-refractivity contribution is 5.97. The molecule has 0 fully saturated rings. The zero-order valence-corrected chi connectivity index (χ0v) is 12.9. The summed E-state index contributed by atoms with van der Waals surface area (Å²) in [6.45, 7) is 3.02. The number of carbonyl (C=O) groups is 3. The van der Waals surface area contributed by atoms with Crippen LogP contribution in [0.4, 0.5) is 0 Å². The smallest absolute Gasteiger partial charge is 0.322 e. The van der Waals surface area contributed by atoms with E-state index in [0.717, 1.165) is 5.56 Å². The summed E-state index contributed by atoms with van der Waals surface area (Å²) in [6, 6.07) is 3.72. The molecule has 23 heavy (non-hydrogen) atoms. The Kier molecular flexibility index (Phi) is 4.95. The second kappa shape index (κ2) is 6.91. The summed E-state index contributed by atoms with van der Waals surface area (Å²) in [7, 11) is 0. The minimum Gasteiger partial charge on any atom is -0.480 e. The summed E-state index contributed by atoms with van der Waals surface area (Å²) in [5.41, 5.74) is 2.67. The number of aliphatic carboxylic acids is 1. The maximum Gasteiger partial charge on any atom is 0.322 e. The van der Waals surface area contributed by atoms with Crippen LogP contribution in [0.2, 0.25) is 0 Å². The van der Waals surface area contributed by atoms with Crippen LogP contribution in [0.15, 0.2) is 18.3 Å². The molecule has 0 radical (unpaired) electrons. The van der Waals surface area contributed by atoms with Gasteiger partial charge < -0.3 is 15.7 Å². The van der Waals surface area contributed by atoms with Crippen molar-refractivity contribution in [1.82, 2.24) is 20.0 Å². The number of carboxylic acids is 1. The number of amides is 2. The molecule has 0 aliphatic heterocycles. The van der Waals surface area contributed by atoms with Crippen LogP contribution in [0.1, 0.15) is 28.7 Å². The lowest BCUT2D eigenvalue weighted by molar-refractivity contribution is -0.137. The van der Waals surface area contributed by atoms with Gasteiger partial charge in [0.15, 0.2) is 0 Å². The predicted molar refractivity (Wildman–Crippen MR) is 82.3 cm³/mol. The van der Waals surface area contributed by atoms with Gasteiger partial charge in [0.25, 0.3) is 5.91 Å². The highest BCUT2D eigenvalue weighted by Gasteiger charge is 2.19. The van der Waals surface area contributed by atoms with E-state index in [2.05, 4.69) is 15.6 Å². The van der Waals surface area contributed by atoms with E-state index in [9.17, 15) is 14.4 Å². The predicted octanol–water partition coefficient (Wildman–Crippen LogP) is 0.136. The zero-order valence-electron chi connectivity index (χ0n) is 12.9. The Hall–Kier alpha value is -2.90. The highest BCUT2D eigenvalue weighted by Crippen LogP contribution is 2.16. The van der Waals surface area contributed by atoms with Crippen molar-refractivity contribution in [3.63, 3.8) is 0 Å². The van der Waals surface area contributed by atoms with Crippen LogP contribution in [0.5, 0.6) is 0 Å². The van der Waals surface area contributed by atoms with Crippen molar-refractivity contribution in [3.8, 4) is 0 Å². The van der Waals surface area contributed by atoms with Gasteiger partial charge in [-0.05, 0) is 25.0 Å². The Balaban J connectivity index is 2.16. The molecule has 0 spiro atoms. The van der Waals surface area contributed by atoms with Crippen molar-refractivity contribution in [2.75, 3.05) is 13.1 Å². The molecule has 2 rings (SSSR count). The number of hydrogen-bond donors (Lipinski definition) is 3. The van der Waals surface area contributed by atoms with Gasteiger partial charge in [-0.3, -0.25) is 18.8 Å². The topological polar surface area (TPSA) is 113 Å². The molecule has 2 heterocycles. The summed E-state index contributed by atoms with van der Waals surface area (Å²) >= 11 is 0. The van der Waals surface area contributed by atoms with Gasteiger partial charge in [-0.1, -0.05) is 13.0 Å². The highest BCUT2D eigenvalue weighted by atomic mass is 16.4. The van der Waals surface area contributed by atoms with E-state index in [0.29, 0.717) is 23.5 Å². The molecule has 0 unspecified atom stereocenters. The molecule has 0 aromatic carbocycles. The van der Waals surface area contributed by atoms with Crippen LogP contribution >= 0.6 is 0 Å². The summed E-state index contributed by atoms with van der Waals surface area (Å²) in [4.78, 5) is 38.7. The van der Waals surface area contributed by atoms with Crippen LogP contribution in [0.3, 0.4) is 0 Å². The molecular weight excluding hydrogens is 300 g/mol. The van der Waals surface area contributed by atoms with Crippen molar-refractivity contribution in [2.45, 2.75) is 20.3 Å². The molecular formula is C15H18N4O4. The second-order valence-electron chi connectivity index (χ2n) is 5.00. The second-order valence-corrected chi connectivity index (χ2v) is 5.00. The lowest BCUT2D eigenvalue weighted by Gasteiger charge is -2.07. The van der Waals surface area contributed by atoms with Crippen LogP contribution < -0.4 is 10.6 Å². The van der Waals surface area contributed by atoms with Gasteiger partial charge in [0, 0.05) is 6.20 Å². The average Bonchev–Trinajstić information content (AvgIpc) is 2.90. The van der Waals surface area contributed by atoms with Crippen molar-refractivity contribution >= 4 is 23.4 Å². The number of carboxylic acid groups (broad SMARTS) is 1. The van der Waals surface area contributed by atoms with Gasteiger partial charge in [-0.15, -0.1) is 0 Å². The quantitative estimate of drug-likeness (QED) is 0.701. The fourth-order valence-electron chi connectivity index (χ4n) is 2.22. The maximum atomic E-state index is 12.4. The molecule has 2 aromatic heterocycles. The minimum atomic E-state index is -1.14. The van der Waals surface area contributed by atoms with E-state index in [4.69, 9.17) is 5.11 Å². The molecule has 2 aromatic rings. The first-order chi connectivity index (χ1) is 10.9. The van der Waals surface area contributed by atoms with Crippen LogP contribution in [-0.2, 0) is 16.0 Å². The van der Waals surface area contributed by atoms with E-state index >= 15 is 0 Å². The summed E-state index contributed by atoms with van der Waals surface area (Å²) in [5, 5.41) is 13.2. The molecule has 0 aliphatic rings. The van der Waals surface area contributed by atoms with E-state index in [1.807, 2.05) is 26.0 Å². The molecule has 2 amide bonds. The number of fused-ring (bicyclic) bond motifs is 1.